The topological polar surface area (TPSA) is 66.9 Å². The van der Waals surface area contributed by atoms with Crippen LogP contribution in [0.4, 0.5) is 0 Å². The second-order valence-corrected chi connectivity index (χ2v) is 4.29. The quantitative estimate of drug-likeness (QED) is 0.728. The minimum absolute atomic E-state index is 0.0393. The maximum absolute atomic E-state index is 11.6. The van der Waals surface area contributed by atoms with E-state index in [9.17, 15) is 4.79 Å². The van der Waals surface area contributed by atoms with E-state index in [-0.39, 0.29) is 29.6 Å². The zero-order valence-corrected chi connectivity index (χ0v) is 9.45. The summed E-state index contributed by atoms with van der Waals surface area (Å²) < 4.78 is 0. The Hall–Kier alpha value is -0.880. The van der Waals surface area contributed by atoms with Crippen LogP contribution in [0.25, 0.3) is 0 Å². The van der Waals surface area contributed by atoms with E-state index in [2.05, 4.69) is 6.07 Å². The molecule has 0 saturated carbocycles. The molecule has 0 bridgehead atoms. The number of carbonyl (C=O) groups is 1. The van der Waals surface area contributed by atoms with Gasteiger partial charge in [-0.05, 0) is 13.3 Å². The van der Waals surface area contributed by atoms with E-state index < -0.39 is 0 Å². The average Bonchev–Trinajstić information content (AvgIpc) is 2.11. The van der Waals surface area contributed by atoms with Gasteiger partial charge in [0.05, 0.1) is 12.0 Å². The molecule has 0 fully saturated rings. The molecule has 0 aromatic heterocycles. The highest BCUT2D eigenvalue weighted by molar-refractivity contribution is 5.82. The number of hydrogen-bond acceptors (Lipinski definition) is 3. The molecule has 0 amide bonds. The molecule has 0 saturated heterocycles. The first-order chi connectivity index (χ1) is 6.40. The van der Waals surface area contributed by atoms with Crippen molar-refractivity contribution < 1.29 is 4.79 Å². The van der Waals surface area contributed by atoms with E-state index in [1.165, 1.54) is 0 Å². The maximum Gasteiger partial charge on any atom is 0.138 e. The first-order valence-corrected chi connectivity index (χ1v) is 5.09. The Kier molecular flexibility index (Phi) is 5.40. The van der Waals surface area contributed by atoms with Crippen molar-refractivity contribution in [2.75, 3.05) is 0 Å². The van der Waals surface area contributed by atoms with E-state index in [1.54, 1.807) is 6.92 Å². The molecule has 0 rings (SSSR count). The van der Waals surface area contributed by atoms with Crippen molar-refractivity contribution in [2.45, 2.75) is 40.2 Å². The third kappa shape index (κ3) is 3.89. The van der Waals surface area contributed by atoms with Gasteiger partial charge in [0, 0.05) is 17.9 Å². The van der Waals surface area contributed by atoms with Crippen LogP contribution in [0.15, 0.2) is 0 Å². The summed E-state index contributed by atoms with van der Waals surface area (Å²) in [5.41, 5.74) is 5.64. The van der Waals surface area contributed by atoms with Gasteiger partial charge in [-0.15, -0.1) is 0 Å². The van der Waals surface area contributed by atoms with Crippen molar-refractivity contribution in [3.8, 4) is 6.07 Å². The van der Waals surface area contributed by atoms with Crippen molar-refractivity contribution >= 4 is 5.78 Å². The molecule has 3 heteroatoms. The van der Waals surface area contributed by atoms with E-state index >= 15 is 0 Å². The number of carbonyl (C=O) groups excluding carboxylic acids is 1. The van der Waals surface area contributed by atoms with Gasteiger partial charge in [-0.25, -0.2) is 0 Å². The second kappa shape index (κ2) is 5.77. The molecule has 0 aliphatic carbocycles. The van der Waals surface area contributed by atoms with Crippen LogP contribution in [0.2, 0.25) is 0 Å². The molecule has 80 valence electrons. The van der Waals surface area contributed by atoms with Crippen LogP contribution in [0.5, 0.6) is 0 Å². The van der Waals surface area contributed by atoms with E-state index in [0.717, 1.165) is 0 Å². The third-order valence-corrected chi connectivity index (χ3v) is 2.46. The van der Waals surface area contributed by atoms with Crippen LogP contribution < -0.4 is 5.73 Å². The van der Waals surface area contributed by atoms with Crippen molar-refractivity contribution in [2.24, 2.45) is 23.5 Å². The van der Waals surface area contributed by atoms with Gasteiger partial charge < -0.3 is 5.73 Å². The van der Waals surface area contributed by atoms with Crippen molar-refractivity contribution in [3.63, 3.8) is 0 Å². The summed E-state index contributed by atoms with van der Waals surface area (Å²) in [5.74, 6) is -0.0262. The third-order valence-electron chi connectivity index (χ3n) is 2.46. The Balaban J connectivity index is 4.24. The fourth-order valence-electron chi connectivity index (χ4n) is 1.45. The lowest BCUT2D eigenvalue weighted by molar-refractivity contribution is -0.125. The molecule has 3 atom stereocenters. The fourth-order valence-corrected chi connectivity index (χ4v) is 1.45. The number of Topliss-reactive ketones (excluding diaryl/α,β-unsaturated/α-hetero) is 1. The molecular weight excluding hydrogens is 176 g/mol. The van der Waals surface area contributed by atoms with Crippen molar-refractivity contribution in [1.82, 2.24) is 0 Å². The van der Waals surface area contributed by atoms with Crippen LogP contribution in [-0.2, 0) is 4.79 Å². The number of ketones is 1. The average molecular weight is 196 g/mol. The highest BCUT2D eigenvalue weighted by Crippen LogP contribution is 2.17. The minimum Gasteiger partial charge on any atom is -0.327 e. The van der Waals surface area contributed by atoms with Gasteiger partial charge in [-0.3, -0.25) is 4.79 Å². The Morgan fingerprint density at radius 1 is 1.36 bits per heavy atom. The number of nitrogens with two attached hydrogens (primary N) is 1. The standard InChI is InChI=1S/C11H20N2O/c1-7(2)11(14)8(3)5-10(6-12)9(4)13/h7-10H,5,13H2,1-4H3/t8-,9+,10?/m1/s1. The predicted molar refractivity (Wildman–Crippen MR) is 56.4 cm³/mol. The number of hydrogen-bond donors (Lipinski definition) is 1. The maximum atomic E-state index is 11.6. The molecule has 0 spiro atoms. The van der Waals surface area contributed by atoms with Crippen molar-refractivity contribution in [3.05, 3.63) is 0 Å². The van der Waals surface area contributed by atoms with Crippen molar-refractivity contribution in [1.29, 1.82) is 5.26 Å². The van der Waals surface area contributed by atoms with Crippen LogP contribution in [-0.4, -0.2) is 11.8 Å². The minimum atomic E-state index is -0.215. The summed E-state index contributed by atoms with van der Waals surface area (Å²) in [4.78, 5) is 11.6. The molecule has 2 N–H and O–H groups in total. The number of nitriles is 1. The zero-order valence-electron chi connectivity index (χ0n) is 9.45. The van der Waals surface area contributed by atoms with Gasteiger partial charge in [0.25, 0.3) is 0 Å². The van der Waals surface area contributed by atoms with Gasteiger partial charge >= 0.3 is 0 Å². The largest absolute Gasteiger partial charge is 0.327 e. The lowest BCUT2D eigenvalue weighted by Crippen LogP contribution is -2.29. The van der Waals surface area contributed by atoms with Crippen LogP contribution >= 0.6 is 0 Å². The normalized spacial score (nSPS) is 17.2. The highest BCUT2D eigenvalue weighted by atomic mass is 16.1. The summed E-state index contributed by atoms with van der Waals surface area (Å²) in [7, 11) is 0. The summed E-state index contributed by atoms with van der Waals surface area (Å²) >= 11 is 0. The smallest absolute Gasteiger partial charge is 0.138 e. The Labute approximate surface area is 86.3 Å². The molecular formula is C11H20N2O. The molecule has 1 unspecified atom stereocenters. The molecule has 0 heterocycles. The first-order valence-electron chi connectivity index (χ1n) is 5.09. The first kappa shape index (κ1) is 13.1. The SMILES string of the molecule is CC(C)C(=O)[C@H](C)CC(C#N)[C@H](C)N. The molecule has 0 radical (unpaired) electrons. The van der Waals surface area contributed by atoms with Gasteiger partial charge in [0.2, 0.25) is 0 Å². The van der Waals surface area contributed by atoms with Crippen LogP contribution in [0, 0.1) is 29.1 Å². The fraction of sp³-hybridized carbons (Fsp3) is 0.818. The number of rotatable bonds is 5. The highest BCUT2D eigenvalue weighted by Gasteiger charge is 2.22. The van der Waals surface area contributed by atoms with Gasteiger partial charge in [-0.1, -0.05) is 20.8 Å². The molecule has 14 heavy (non-hydrogen) atoms. The Morgan fingerprint density at radius 3 is 2.14 bits per heavy atom. The summed E-state index contributed by atoms with van der Waals surface area (Å²) in [6.07, 6.45) is 0.575. The Bertz CT molecular complexity index is 228. The van der Waals surface area contributed by atoms with Gasteiger partial charge in [-0.2, -0.15) is 5.26 Å². The molecule has 0 aromatic carbocycles. The zero-order chi connectivity index (χ0) is 11.3. The van der Waals surface area contributed by atoms with E-state index in [0.29, 0.717) is 6.42 Å². The molecule has 0 aromatic rings. The van der Waals surface area contributed by atoms with Gasteiger partial charge in [0.15, 0.2) is 0 Å². The van der Waals surface area contributed by atoms with Crippen LogP contribution in [0.1, 0.15) is 34.1 Å². The summed E-state index contributed by atoms with van der Waals surface area (Å²) in [6, 6.07) is 1.98. The van der Waals surface area contributed by atoms with Gasteiger partial charge in [0.1, 0.15) is 5.78 Å². The lowest BCUT2D eigenvalue weighted by Gasteiger charge is -2.18. The molecule has 0 aliphatic heterocycles. The second-order valence-electron chi connectivity index (χ2n) is 4.29. The Morgan fingerprint density at radius 2 is 1.86 bits per heavy atom. The van der Waals surface area contributed by atoms with Crippen LogP contribution in [0.3, 0.4) is 0 Å². The monoisotopic (exact) mass is 196 g/mol. The number of nitrogens with zero attached hydrogens (tertiary/aromatic N) is 1. The molecule has 0 aliphatic rings. The van der Waals surface area contributed by atoms with E-state index in [4.69, 9.17) is 11.0 Å². The summed E-state index contributed by atoms with van der Waals surface area (Å²) in [6.45, 7) is 7.44. The molecule has 3 nitrogen and oxygen atoms in total. The summed E-state index contributed by atoms with van der Waals surface area (Å²) in [5, 5.41) is 8.82. The predicted octanol–water partition coefficient (Wildman–Crippen LogP) is 1.72. The lowest BCUT2D eigenvalue weighted by atomic mass is 9.86. The van der Waals surface area contributed by atoms with E-state index in [1.807, 2.05) is 20.8 Å².